The third-order valence-electron chi connectivity index (χ3n) is 2.65. The fraction of sp³-hybridized carbons (Fsp3) is 0.0714. The maximum atomic E-state index is 12.0. The molecule has 1 amide bonds. The van der Waals surface area contributed by atoms with Gasteiger partial charge >= 0.3 is 0 Å². The van der Waals surface area contributed by atoms with Crippen LogP contribution in [0.5, 0.6) is 5.75 Å². The number of hydrogen-bond donors (Lipinski definition) is 2. The van der Waals surface area contributed by atoms with Crippen molar-refractivity contribution in [3.63, 3.8) is 0 Å². The van der Waals surface area contributed by atoms with Crippen LogP contribution in [0.25, 0.3) is 0 Å². The lowest BCUT2D eigenvalue weighted by Gasteiger charge is -2.09. The van der Waals surface area contributed by atoms with Gasteiger partial charge in [-0.15, -0.1) is 0 Å². The van der Waals surface area contributed by atoms with E-state index in [9.17, 15) is 4.79 Å². The normalized spacial score (nSPS) is 10.1. The Hall–Kier alpha value is -2.00. The second-order valence-corrected chi connectivity index (χ2v) is 4.32. The number of amides is 1. The Morgan fingerprint density at radius 2 is 1.83 bits per heavy atom. The molecule has 0 saturated carbocycles. The molecule has 4 heteroatoms. The van der Waals surface area contributed by atoms with Gasteiger partial charge in [0.2, 0.25) is 0 Å². The summed E-state index contributed by atoms with van der Waals surface area (Å²) < 4.78 is 0. The highest BCUT2D eigenvalue weighted by Gasteiger charge is 2.08. The summed E-state index contributed by atoms with van der Waals surface area (Å²) in [6.07, 6.45) is 0. The van der Waals surface area contributed by atoms with Crippen molar-refractivity contribution in [1.29, 1.82) is 0 Å². The standard InChI is InChI=1S/C14H12ClNO2/c1-9-12(15)3-2-4-13(9)16-14(18)10-5-7-11(17)8-6-10/h2-8,17H,1H3,(H,16,18). The number of nitrogens with one attached hydrogen (secondary N) is 1. The first kappa shape index (κ1) is 12.5. The fourth-order valence-electron chi connectivity index (χ4n) is 1.55. The van der Waals surface area contributed by atoms with Crippen molar-refractivity contribution in [3.8, 4) is 5.75 Å². The largest absolute Gasteiger partial charge is 0.508 e. The lowest BCUT2D eigenvalue weighted by molar-refractivity contribution is 0.102. The molecule has 0 saturated heterocycles. The molecule has 0 aliphatic heterocycles. The van der Waals surface area contributed by atoms with Crippen LogP contribution in [0, 0.1) is 6.92 Å². The summed E-state index contributed by atoms with van der Waals surface area (Å²) >= 11 is 5.98. The molecule has 2 aromatic rings. The van der Waals surface area contributed by atoms with Crippen LogP contribution in [0.15, 0.2) is 42.5 Å². The molecule has 0 unspecified atom stereocenters. The summed E-state index contributed by atoms with van der Waals surface area (Å²) in [6.45, 7) is 1.84. The summed E-state index contributed by atoms with van der Waals surface area (Å²) in [5, 5.41) is 12.6. The van der Waals surface area contributed by atoms with Gasteiger partial charge in [-0.1, -0.05) is 17.7 Å². The number of hydrogen-bond acceptors (Lipinski definition) is 2. The number of phenols is 1. The van der Waals surface area contributed by atoms with E-state index < -0.39 is 0 Å². The van der Waals surface area contributed by atoms with E-state index in [1.807, 2.05) is 6.92 Å². The maximum absolute atomic E-state index is 12.0. The zero-order chi connectivity index (χ0) is 13.1. The molecule has 2 aromatic carbocycles. The molecule has 0 spiro atoms. The minimum Gasteiger partial charge on any atom is -0.508 e. The number of carbonyl (C=O) groups excluding carboxylic acids is 1. The summed E-state index contributed by atoms with van der Waals surface area (Å²) in [5.74, 6) is -0.106. The SMILES string of the molecule is Cc1c(Cl)cccc1NC(=O)c1ccc(O)cc1. The van der Waals surface area contributed by atoms with Gasteiger partial charge < -0.3 is 10.4 Å². The van der Waals surface area contributed by atoms with Gasteiger partial charge in [-0.2, -0.15) is 0 Å². The summed E-state index contributed by atoms with van der Waals surface area (Å²) in [5.41, 5.74) is 1.99. The topological polar surface area (TPSA) is 49.3 Å². The van der Waals surface area contributed by atoms with Gasteiger partial charge in [-0.3, -0.25) is 4.79 Å². The molecule has 18 heavy (non-hydrogen) atoms. The van der Waals surface area contributed by atoms with E-state index in [0.29, 0.717) is 16.3 Å². The Morgan fingerprint density at radius 3 is 2.50 bits per heavy atom. The van der Waals surface area contributed by atoms with Gasteiger partial charge in [0.25, 0.3) is 5.91 Å². The van der Waals surface area contributed by atoms with E-state index in [2.05, 4.69) is 5.32 Å². The van der Waals surface area contributed by atoms with Crippen molar-refractivity contribution in [2.75, 3.05) is 5.32 Å². The average molecular weight is 262 g/mol. The Bertz CT molecular complexity index is 579. The molecule has 2 N–H and O–H groups in total. The van der Waals surface area contributed by atoms with E-state index >= 15 is 0 Å². The van der Waals surface area contributed by atoms with Crippen molar-refractivity contribution < 1.29 is 9.90 Å². The number of rotatable bonds is 2. The fourth-order valence-corrected chi connectivity index (χ4v) is 1.72. The van der Waals surface area contributed by atoms with Gasteiger partial charge in [0.15, 0.2) is 0 Å². The minimum absolute atomic E-state index is 0.130. The van der Waals surface area contributed by atoms with E-state index in [1.54, 1.807) is 30.3 Å². The molecule has 92 valence electrons. The summed E-state index contributed by atoms with van der Waals surface area (Å²) in [4.78, 5) is 12.0. The van der Waals surface area contributed by atoms with E-state index in [4.69, 9.17) is 16.7 Å². The number of carbonyl (C=O) groups is 1. The molecule has 0 bridgehead atoms. The van der Waals surface area contributed by atoms with Gasteiger partial charge in [0, 0.05) is 16.3 Å². The number of benzene rings is 2. The van der Waals surface area contributed by atoms with Crippen LogP contribution < -0.4 is 5.32 Å². The van der Waals surface area contributed by atoms with E-state index in [0.717, 1.165) is 5.56 Å². The van der Waals surface area contributed by atoms with Crippen LogP contribution in [0.3, 0.4) is 0 Å². The molecular formula is C14H12ClNO2. The van der Waals surface area contributed by atoms with Crippen molar-refractivity contribution in [3.05, 3.63) is 58.6 Å². The molecule has 0 aromatic heterocycles. The molecule has 0 aliphatic rings. The van der Waals surface area contributed by atoms with Crippen molar-refractivity contribution in [2.24, 2.45) is 0 Å². The molecule has 2 rings (SSSR count). The second kappa shape index (κ2) is 5.10. The monoisotopic (exact) mass is 261 g/mol. The van der Waals surface area contributed by atoms with Gasteiger partial charge in [0.05, 0.1) is 0 Å². The minimum atomic E-state index is -0.236. The Balaban J connectivity index is 2.21. The van der Waals surface area contributed by atoms with Crippen molar-refractivity contribution >= 4 is 23.2 Å². The molecule has 0 radical (unpaired) electrons. The third-order valence-corrected chi connectivity index (χ3v) is 3.05. The lowest BCUT2D eigenvalue weighted by Crippen LogP contribution is -2.12. The maximum Gasteiger partial charge on any atom is 0.255 e. The number of halogens is 1. The van der Waals surface area contributed by atoms with Crippen molar-refractivity contribution in [2.45, 2.75) is 6.92 Å². The molecule has 0 fully saturated rings. The Morgan fingerprint density at radius 1 is 1.17 bits per heavy atom. The molecule has 0 atom stereocenters. The van der Waals surface area contributed by atoms with Crippen molar-refractivity contribution in [1.82, 2.24) is 0 Å². The van der Waals surface area contributed by atoms with Gasteiger partial charge in [-0.05, 0) is 48.9 Å². The number of aromatic hydroxyl groups is 1. The first-order valence-corrected chi connectivity index (χ1v) is 5.81. The number of anilines is 1. The predicted molar refractivity (Wildman–Crippen MR) is 72.2 cm³/mol. The van der Waals surface area contributed by atoms with Crippen LogP contribution in [0.2, 0.25) is 5.02 Å². The number of phenolic OH excluding ortho intramolecular Hbond substituents is 1. The third kappa shape index (κ3) is 2.63. The Kier molecular flexibility index (Phi) is 3.53. The zero-order valence-corrected chi connectivity index (χ0v) is 10.5. The Labute approximate surface area is 110 Å². The van der Waals surface area contributed by atoms with Crippen LogP contribution in [0.4, 0.5) is 5.69 Å². The lowest BCUT2D eigenvalue weighted by atomic mass is 10.1. The highest BCUT2D eigenvalue weighted by atomic mass is 35.5. The van der Waals surface area contributed by atoms with Crippen LogP contribution in [-0.2, 0) is 0 Å². The molecule has 0 heterocycles. The van der Waals surface area contributed by atoms with Crippen LogP contribution in [0.1, 0.15) is 15.9 Å². The first-order chi connectivity index (χ1) is 8.58. The smallest absolute Gasteiger partial charge is 0.255 e. The quantitative estimate of drug-likeness (QED) is 0.868. The zero-order valence-electron chi connectivity index (χ0n) is 9.77. The molecular weight excluding hydrogens is 250 g/mol. The van der Waals surface area contributed by atoms with Gasteiger partial charge in [0.1, 0.15) is 5.75 Å². The van der Waals surface area contributed by atoms with Crippen LogP contribution >= 0.6 is 11.6 Å². The van der Waals surface area contributed by atoms with Gasteiger partial charge in [-0.25, -0.2) is 0 Å². The summed E-state index contributed by atoms with van der Waals surface area (Å²) in [7, 11) is 0. The van der Waals surface area contributed by atoms with Crippen LogP contribution in [-0.4, -0.2) is 11.0 Å². The average Bonchev–Trinajstić information content (AvgIpc) is 2.36. The highest BCUT2D eigenvalue weighted by Crippen LogP contribution is 2.23. The second-order valence-electron chi connectivity index (χ2n) is 3.91. The molecule has 3 nitrogen and oxygen atoms in total. The predicted octanol–water partition coefficient (Wildman–Crippen LogP) is 3.61. The summed E-state index contributed by atoms with van der Waals surface area (Å²) in [6, 6.07) is 11.4. The highest BCUT2D eigenvalue weighted by molar-refractivity contribution is 6.31. The van der Waals surface area contributed by atoms with E-state index in [-0.39, 0.29) is 11.7 Å². The van der Waals surface area contributed by atoms with E-state index in [1.165, 1.54) is 12.1 Å². The molecule has 0 aliphatic carbocycles. The first-order valence-electron chi connectivity index (χ1n) is 5.43.